The highest BCUT2D eigenvalue weighted by Crippen LogP contribution is 2.31. The van der Waals surface area contributed by atoms with Gasteiger partial charge in [0, 0.05) is 18.0 Å². The summed E-state index contributed by atoms with van der Waals surface area (Å²) in [5.74, 6) is -2.64. The Hall–Kier alpha value is -1.69. The van der Waals surface area contributed by atoms with Crippen LogP contribution in [0.3, 0.4) is 0 Å². The van der Waals surface area contributed by atoms with Crippen molar-refractivity contribution in [1.82, 2.24) is 4.90 Å². The van der Waals surface area contributed by atoms with E-state index in [4.69, 9.17) is 16.3 Å². The summed E-state index contributed by atoms with van der Waals surface area (Å²) in [5.41, 5.74) is -0.691. The average Bonchev–Trinajstić information content (AvgIpc) is 2.41. The molecule has 0 spiro atoms. The topological polar surface area (TPSA) is 46.6 Å². The molecular weight excluding hydrogens is 328 g/mol. The third-order valence-electron chi connectivity index (χ3n) is 3.49. The van der Waals surface area contributed by atoms with Gasteiger partial charge in [-0.3, -0.25) is 4.79 Å². The first-order valence-corrected chi connectivity index (χ1v) is 7.61. The minimum atomic E-state index is -0.791. The zero-order chi connectivity index (χ0) is 17.4. The number of ether oxygens (including phenoxy) is 1. The highest BCUT2D eigenvalue weighted by Gasteiger charge is 2.34. The SMILES string of the molecule is CC(C)(C)OC(=O)N1CCC(c2cc(F)c(Cl)cc2F)C(=O)C1. The fourth-order valence-corrected chi connectivity index (χ4v) is 2.59. The van der Waals surface area contributed by atoms with Gasteiger partial charge in [0.15, 0.2) is 5.78 Å². The maximum absolute atomic E-state index is 14.0. The van der Waals surface area contributed by atoms with E-state index < -0.39 is 29.2 Å². The van der Waals surface area contributed by atoms with E-state index in [1.807, 2.05) is 0 Å². The van der Waals surface area contributed by atoms with Crippen molar-refractivity contribution >= 4 is 23.5 Å². The van der Waals surface area contributed by atoms with E-state index in [9.17, 15) is 18.4 Å². The second-order valence-electron chi connectivity index (χ2n) is 6.50. The quantitative estimate of drug-likeness (QED) is 0.725. The number of halogens is 3. The summed E-state index contributed by atoms with van der Waals surface area (Å²) in [4.78, 5) is 25.5. The van der Waals surface area contributed by atoms with Gasteiger partial charge in [-0.05, 0) is 39.3 Å². The van der Waals surface area contributed by atoms with Crippen LogP contribution in [0.25, 0.3) is 0 Å². The lowest BCUT2D eigenvalue weighted by atomic mass is 9.88. The highest BCUT2D eigenvalue weighted by atomic mass is 35.5. The molecule has 0 saturated carbocycles. The molecule has 1 saturated heterocycles. The summed E-state index contributed by atoms with van der Waals surface area (Å²) >= 11 is 5.52. The fourth-order valence-electron chi connectivity index (χ4n) is 2.44. The van der Waals surface area contributed by atoms with Crippen molar-refractivity contribution in [2.75, 3.05) is 13.1 Å². The molecule has 1 aromatic rings. The van der Waals surface area contributed by atoms with Crippen LogP contribution in [0.2, 0.25) is 5.02 Å². The van der Waals surface area contributed by atoms with Crippen LogP contribution in [0.1, 0.15) is 38.7 Å². The third-order valence-corrected chi connectivity index (χ3v) is 3.78. The molecule has 1 atom stereocenters. The molecule has 1 heterocycles. The summed E-state index contributed by atoms with van der Waals surface area (Å²) < 4.78 is 32.7. The molecule has 1 aliphatic rings. The number of hydrogen-bond donors (Lipinski definition) is 0. The van der Waals surface area contributed by atoms with Crippen LogP contribution >= 0.6 is 11.6 Å². The summed E-state index contributed by atoms with van der Waals surface area (Å²) in [6.07, 6.45) is -0.386. The molecule has 0 aliphatic carbocycles. The normalized spacial score (nSPS) is 19.0. The number of piperidine rings is 1. The third kappa shape index (κ3) is 4.19. The van der Waals surface area contributed by atoms with Crippen LogP contribution in [0.15, 0.2) is 12.1 Å². The van der Waals surface area contributed by atoms with Crippen LogP contribution in [0.4, 0.5) is 13.6 Å². The van der Waals surface area contributed by atoms with Gasteiger partial charge in [-0.15, -0.1) is 0 Å². The molecule has 0 N–H and O–H groups in total. The zero-order valence-corrected chi connectivity index (χ0v) is 13.9. The summed E-state index contributed by atoms with van der Waals surface area (Å²) in [6, 6.07) is 1.81. The molecule has 0 aromatic heterocycles. The van der Waals surface area contributed by atoms with Gasteiger partial charge in [-0.2, -0.15) is 0 Å². The molecule has 126 valence electrons. The maximum atomic E-state index is 14.0. The molecular formula is C16H18ClF2NO3. The van der Waals surface area contributed by atoms with Crippen molar-refractivity contribution in [2.45, 2.75) is 38.7 Å². The van der Waals surface area contributed by atoms with Gasteiger partial charge in [-0.25, -0.2) is 13.6 Å². The number of benzene rings is 1. The number of nitrogens with zero attached hydrogens (tertiary/aromatic N) is 1. The first-order valence-electron chi connectivity index (χ1n) is 7.23. The van der Waals surface area contributed by atoms with Gasteiger partial charge in [-0.1, -0.05) is 11.6 Å². The van der Waals surface area contributed by atoms with Gasteiger partial charge in [0.1, 0.15) is 17.2 Å². The Balaban J connectivity index is 2.12. The number of likely N-dealkylation sites (tertiary alicyclic amines) is 1. The van der Waals surface area contributed by atoms with Crippen molar-refractivity contribution in [1.29, 1.82) is 0 Å². The Kier molecular flexibility index (Phi) is 4.94. The number of hydrogen-bond acceptors (Lipinski definition) is 3. The molecule has 1 unspecified atom stereocenters. The number of carbonyl (C=O) groups excluding carboxylic acids is 2. The monoisotopic (exact) mass is 345 g/mol. The standard InChI is InChI=1S/C16H18ClF2NO3/c1-16(2,3)23-15(22)20-5-4-9(14(21)8-20)10-6-13(19)11(17)7-12(10)18/h6-7,9H,4-5,8H2,1-3H3. The second kappa shape index (κ2) is 6.43. The largest absolute Gasteiger partial charge is 0.444 e. The van der Waals surface area contributed by atoms with Gasteiger partial charge >= 0.3 is 6.09 Å². The highest BCUT2D eigenvalue weighted by molar-refractivity contribution is 6.30. The summed E-state index contributed by atoms with van der Waals surface area (Å²) in [5, 5.41) is -0.329. The van der Waals surface area contributed by atoms with Crippen LogP contribution in [-0.2, 0) is 9.53 Å². The molecule has 7 heteroatoms. The van der Waals surface area contributed by atoms with Crippen LogP contribution in [0.5, 0.6) is 0 Å². The number of ketones is 1. The lowest BCUT2D eigenvalue weighted by Crippen LogP contribution is -2.45. The van der Waals surface area contributed by atoms with Gasteiger partial charge < -0.3 is 9.64 Å². The fraction of sp³-hybridized carbons (Fsp3) is 0.500. The number of amides is 1. The zero-order valence-electron chi connectivity index (χ0n) is 13.2. The Morgan fingerprint density at radius 1 is 1.30 bits per heavy atom. The number of carbonyl (C=O) groups is 2. The maximum Gasteiger partial charge on any atom is 0.410 e. The Morgan fingerprint density at radius 2 is 1.96 bits per heavy atom. The molecule has 1 aromatic carbocycles. The lowest BCUT2D eigenvalue weighted by molar-refractivity contribution is -0.124. The molecule has 0 radical (unpaired) electrons. The predicted octanol–water partition coefficient (Wildman–Crippen LogP) is 3.91. The van der Waals surface area contributed by atoms with Crippen molar-refractivity contribution in [3.05, 3.63) is 34.4 Å². The number of Topliss-reactive ketones (excluding diaryl/α,β-unsaturated/α-hetero) is 1. The van der Waals surface area contributed by atoms with Crippen molar-refractivity contribution in [3.63, 3.8) is 0 Å². The predicted molar refractivity (Wildman–Crippen MR) is 81.5 cm³/mol. The summed E-state index contributed by atoms with van der Waals surface area (Å²) in [7, 11) is 0. The van der Waals surface area contributed by atoms with Crippen molar-refractivity contribution < 1.29 is 23.1 Å². The van der Waals surface area contributed by atoms with E-state index in [1.165, 1.54) is 4.90 Å². The van der Waals surface area contributed by atoms with E-state index in [2.05, 4.69) is 0 Å². The Labute approximate surface area is 138 Å². The first-order chi connectivity index (χ1) is 10.6. The minimum Gasteiger partial charge on any atom is -0.444 e. The van der Waals surface area contributed by atoms with E-state index in [-0.39, 0.29) is 35.9 Å². The smallest absolute Gasteiger partial charge is 0.410 e. The average molecular weight is 346 g/mol. The molecule has 0 bridgehead atoms. The van der Waals surface area contributed by atoms with Crippen LogP contribution < -0.4 is 0 Å². The summed E-state index contributed by atoms with van der Waals surface area (Å²) in [6.45, 7) is 5.22. The Morgan fingerprint density at radius 3 is 2.52 bits per heavy atom. The van der Waals surface area contributed by atoms with E-state index in [1.54, 1.807) is 20.8 Å². The van der Waals surface area contributed by atoms with E-state index in [0.717, 1.165) is 12.1 Å². The minimum absolute atomic E-state index is 0.0271. The van der Waals surface area contributed by atoms with Crippen LogP contribution in [0, 0.1) is 11.6 Å². The molecule has 23 heavy (non-hydrogen) atoms. The Bertz CT molecular complexity index is 643. The molecule has 1 aliphatic heterocycles. The van der Waals surface area contributed by atoms with Crippen molar-refractivity contribution in [2.24, 2.45) is 0 Å². The molecule has 1 amide bonds. The first kappa shape index (κ1) is 17.7. The molecule has 1 fully saturated rings. The second-order valence-corrected chi connectivity index (χ2v) is 6.90. The molecule has 2 rings (SSSR count). The van der Waals surface area contributed by atoms with Gasteiger partial charge in [0.25, 0.3) is 0 Å². The van der Waals surface area contributed by atoms with E-state index in [0.29, 0.717) is 0 Å². The van der Waals surface area contributed by atoms with Gasteiger partial charge in [0.2, 0.25) is 0 Å². The lowest BCUT2D eigenvalue weighted by Gasteiger charge is -2.32. The van der Waals surface area contributed by atoms with E-state index >= 15 is 0 Å². The van der Waals surface area contributed by atoms with Crippen molar-refractivity contribution in [3.8, 4) is 0 Å². The molecule has 4 nitrogen and oxygen atoms in total. The number of rotatable bonds is 1. The van der Waals surface area contributed by atoms with Crippen LogP contribution in [-0.4, -0.2) is 35.5 Å². The van der Waals surface area contributed by atoms with Gasteiger partial charge in [0.05, 0.1) is 11.6 Å².